The fraction of sp³-hybridized carbons (Fsp3) is 0.345. The Balaban J connectivity index is 1.71. The molecule has 0 unspecified atom stereocenters. The minimum Gasteiger partial charge on any atom is -0.497 e. The first-order valence-corrected chi connectivity index (χ1v) is 12.5. The molecule has 0 aliphatic rings. The Bertz CT molecular complexity index is 1400. The van der Waals surface area contributed by atoms with Crippen LogP contribution in [0.25, 0.3) is 10.9 Å². The molecule has 0 N–H and O–H groups in total. The van der Waals surface area contributed by atoms with E-state index in [0.29, 0.717) is 43.1 Å². The average Bonchev–Trinajstić information content (AvgIpc) is 3.35. The Labute approximate surface area is 223 Å². The maximum atomic E-state index is 13.6. The number of amides is 1. The Hall–Kier alpha value is -4.27. The van der Waals surface area contributed by atoms with E-state index < -0.39 is 0 Å². The van der Waals surface area contributed by atoms with E-state index in [1.807, 2.05) is 85.5 Å². The third-order valence-electron chi connectivity index (χ3n) is 6.40. The summed E-state index contributed by atoms with van der Waals surface area (Å²) in [5, 5.41) is 5.26. The number of methoxy groups -OCH3 is 3. The summed E-state index contributed by atoms with van der Waals surface area (Å²) in [5.74, 6) is 2.92. The summed E-state index contributed by atoms with van der Waals surface area (Å²) in [6.07, 6.45) is 2.22. The highest BCUT2D eigenvalue weighted by Gasteiger charge is 2.21. The molecule has 9 heteroatoms. The molecule has 0 saturated carbocycles. The van der Waals surface area contributed by atoms with E-state index in [-0.39, 0.29) is 5.91 Å². The van der Waals surface area contributed by atoms with Gasteiger partial charge in [-0.2, -0.15) is 5.10 Å². The van der Waals surface area contributed by atoms with Crippen molar-refractivity contribution in [2.24, 2.45) is 0 Å². The molecule has 0 atom stereocenters. The molecule has 0 aliphatic heterocycles. The number of carbonyl (C=O) groups excluding carboxylic acids is 1. The number of benzene rings is 2. The van der Waals surface area contributed by atoms with Gasteiger partial charge in [-0.1, -0.05) is 12.1 Å². The van der Waals surface area contributed by atoms with Crippen molar-refractivity contribution < 1.29 is 19.0 Å². The molecule has 38 heavy (non-hydrogen) atoms. The summed E-state index contributed by atoms with van der Waals surface area (Å²) < 4.78 is 18.3. The van der Waals surface area contributed by atoms with Crippen LogP contribution in [-0.4, -0.2) is 61.0 Å². The zero-order valence-electron chi connectivity index (χ0n) is 22.9. The fourth-order valence-corrected chi connectivity index (χ4v) is 4.43. The first-order chi connectivity index (χ1) is 18.3. The third kappa shape index (κ3) is 5.99. The summed E-state index contributed by atoms with van der Waals surface area (Å²) in [7, 11) is 8.79. The predicted octanol–water partition coefficient (Wildman–Crippen LogP) is 4.45. The van der Waals surface area contributed by atoms with Crippen LogP contribution in [0.3, 0.4) is 0 Å². The summed E-state index contributed by atoms with van der Waals surface area (Å²) in [6, 6.07) is 15.5. The number of fused-ring (bicyclic) bond motifs is 1. The summed E-state index contributed by atoms with van der Waals surface area (Å²) in [6.45, 7) is 3.27. The molecule has 0 aliphatic carbocycles. The zero-order chi connectivity index (χ0) is 27.2. The number of aromatic nitrogens is 3. The van der Waals surface area contributed by atoms with Crippen molar-refractivity contribution in [2.75, 3.05) is 40.3 Å². The first-order valence-electron chi connectivity index (χ1n) is 12.5. The Kier molecular flexibility index (Phi) is 8.35. The average molecular weight is 518 g/mol. The second kappa shape index (κ2) is 11.9. The zero-order valence-corrected chi connectivity index (χ0v) is 22.9. The van der Waals surface area contributed by atoms with Gasteiger partial charge in [0.25, 0.3) is 0 Å². The molecule has 9 nitrogen and oxygen atoms in total. The Morgan fingerprint density at radius 3 is 2.24 bits per heavy atom. The number of rotatable bonds is 11. The molecular weight excluding hydrogens is 482 g/mol. The number of aryl methyl sites for hydroxylation is 2. The molecule has 4 rings (SSSR count). The van der Waals surface area contributed by atoms with Crippen LogP contribution in [0.1, 0.15) is 23.2 Å². The van der Waals surface area contributed by atoms with E-state index in [0.717, 1.165) is 33.8 Å². The molecule has 0 fully saturated rings. The molecule has 0 saturated heterocycles. The van der Waals surface area contributed by atoms with Crippen molar-refractivity contribution in [1.29, 1.82) is 0 Å². The number of nitrogens with zero attached hydrogens (tertiary/aromatic N) is 5. The van der Waals surface area contributed by atoms with Gasteiger partial charge in [0, 0.05) is 57.3 Å². The number of pyridine rings is 1. The van der Waals surface area contributed by atoms with Crippen LogP contribution in [0, 0.1) is 6.92 Å². The van der Waals surface area contributed by atoms with Gasteiger partial charge in [0.05, 0.1) is 27.0 Å². The molecule has 1 amide bonds. The van der Waals surface area contributed by atoms with Crippen LogP contribution in [0.4, 0.5) is 5.82 Å². The van der Waals surface area contributed by atoms with Crippen LogP contribution in [-0.2, 0) is 24.4 Å². The minimum absolute atomic E-state index is 0.0244. The molecule has 4 aromatic rings. The van der Waals surface area contributed by atoms with Gasteiger partial charge in [-0.3, -0.25) is 9.48 Å². The van der Waals surface area contributed by atoms with Gasteiger partial charge in [-0.15, -0.1) is 0 Å². The van der Waals surface area contributed by atoms with Crippen molar-refractivity contribution in [3.8, 4) is 17.2 Å². The molecular formula is C29H35N5O4. The second-order valence-electron chi connectivity index (χ2n) is 9.30. The Morgan fingerprint density at radius 1 is 0.921 bits per heavy atom. The van der Waals surface area contributed by atoms with Gasteiger partial charge < -0.3 is 24.0 Å². The summed E-state index contributed by atoms with van der Waals surface area (Å²) in [4.78, 5) is 22.4. The van der Waals surface area contributed by atoms with Crippen molar-refractivity contribution in [3.63, 3.8) is 0 Å². The monoisotopic (exact) mass is 517 g/mol. The van der Waals surface area contributed by atoms with Gasteiger partial charge in [0.2, 0.25) is 5.91 Å². The van der Waals surface area contributed by atoms with E-state index in [4.69, 9.17) is 19.2 Å². The maximum absolute atomic E-state index is 13.6. The predicted molar refractivity (Wildman–Crippen MR) is 148 cm³/mol. The van der Waals surface area contributed by atoms with Crippen LogP contribution in [0.5, 0.6) is 17.2 Å². The topological polar surface area (TPSA) is 82.0 Å². The quantitative estimate of drug-likeness (QED) is 0.291. The van der Waals surface area contributed by atoms with Crippen LogP contribution < -0.4 is 19.1 Å². The smallest absolute Gasteiger partial charge is 0.225 e. The minimum atomic E-state index is 0.0244. The number of anilines is 1. The summed E-state index contributed by atoms with van der Waals surface area (Å²) in [5.41, 5.74) is 3.55. The third-order valence-corrected chi connectivity index (χ3v) is 6.40. The van der Waals surface area contributed by atoms with Crippen molar-refractivity contribution >= 4 is 22.6 Å². The van der Waals surface area contributed by atoms with Crippen LogP contribution >= 0.6 is 0 Å². The van der Waals surface area contributed by atoms with Crippen molar-refractivity contribution in [1.82, 2.24) is 19.7 Å². The highest BCUT2D eigenvalue weighted by atomic mass is 16.5. The molecule has 2 aromatic carbocycles. The van der Waals surface area contributed by atoms with Crippen LogP contribution in [0.15, 0.2) is 54.7 Å². The van der Waals surface area contributed by atoms with E-state index in [1.54, 1.807) is 26.0 Å². The lowest BCUT2D eigenvalue weighted by atomic mass is 10.1. The maximum Gasteiger partial charge on any atom is 0.225 e. The Morgan fingerprint density at radius 2 is 1.63 bits per heavy atom. The SMILES string of the molecule is COc1ccc(CN(Cc2cc3c(OC)ccc(OC)c3nc2N(C)C)C(=O)CCn2ccc(C)n2)cc1. The summed E-state index contributed by atoms with van der Waals surface area (Å²) >= 11 is 0. The fourth-order valence-electron chi connectivity index (χ4n) is 4.43. The number of hydrogen-bond acceptors (Lipinski definition) is 7. The lowest BCUT2D eigenvalue weighted by Crippen LogP contribution is -2.31. The molecule has 2 heterocycles. The van der Waals surface area contributed by atoms with Crippen molar-refractivity contribution in [2.45, 2.75) is 33.0 Å². The number of carbonyl (C=O) groups is 1. The van der Waals surface area contributed by atoms with E-state index in [2.05, 4.69) is 5.10 Å². The van der Waals surface area contributed by atoms with E-state index in [1.165, 1.54) is 0 Å². The highest BCUT2D eigenvalue weighted by molar-refractivity contribution is 5.92. The van der Waals surface area contributed by atoms with E-state index >= 15 is 0 Å². The standard InChI is InChI=1S/C29H35N5O4/c1-20-13-15-34(31-20)16-14-27(35)33(18-21-7-9-23(36-4)10-8-21)19-22-17-24-25(37-5)11-12-26(38-6)28(24)30-29(22)32(2)3/h7-13,15,17H,14,16,18-19H2,1-6H3. The van der Waals surface area contributed by atoms with Gasteiger partial charge in [0.15, 0.2) is 0 Å². The van der Waals surface area contributed by atoms with Gasteiger partial charge >= 0.3 is 0 Å². The largest absolute Gasteiger partial charge is 0.497 e. The molecule has 200 valence electrons. The van der Waals surface area contributed by atoms with Gasteiger partial charge in [-0.05, 0) is 48.9 Å². The number of ether oxygens (including phenoxy) is 3. The molecule has 2 aromatic heterocycles. The molecule has 0 spiro atoms. The first kappa shape index (κ1) is 26.8. The lowest BCUT2D eigenvalue weighted by Gasteiger charge is -2.26. The van der Waals surface area contributed by atoms with E-state index in [9.17, 15) is 4.79 Å². The van der Waals surface area contributed by atoms with Gasteiger partial charge in [0.1, 0.15) is 28.6 Å². The highest BCUT2D eigenvalue weighted by Crippen LogP contribution is 2.35. The molecule has 0 bridgehead atoms. The number of hydrogen-bond donors (Lipinski definition) is 0. The second-order valence-corrected chi connectivity index (χ2v) is 9.30. The van der Waals surface area contributed by atoms with Crippen molar-refractivity contribution in [3.05, 3.63) is 71.5 Å². The van der Waals surface area contributed by atoms with Gasteiger partial charge in [-0.25, -0.2) is 4.98 Å². The lowest BCUT2D eigenvalue weighted by molar-refractivity contribution is -0.132. The van der Waals surface area contributed by atoms with Crippen LogP contribution in [0.2, 0.25) is 0 Å². The normalized spacial score (nSPS) is 10.9. The molecule has 0 radical (unpaired) electrons.